The molecule has 0 N–H and O–H groups in total. The Morgan fingerprint density at radius 2 is 1.83 bits per heavy atom. The fraction of sp³-hybridized carbons (Fsp3) is 0.143. The van der Waals surface area contributed by atoms with E-state index in [0.717, 1.165) is 29.8 Å². The molecule has 0 saturated carbocycles. The Hall–Kier alpha value is -2.94. The van der Waals surface area contributed by atoms with Gasteiger partial charge in [0.05, 0.1) is 11.4 Å². The van der Waals surface area contributed by atoms with E-state index in [9.17, 15) is 0 Å². The summed E-state index contributed by atoms with van der Waals surface area (Å²) in [5.74, 6) is 0. The third kappa shape index (κ3) is 2.69. The van der Waals surface area contributed by atoms with Crippen molar-refractivity contribution in [3.8, 4) is 16.9 Å². The van der Waals surface area contributed by atoms with Crippen LogP contribution >= 0.6 is 0 Å². The molecule has 0 aliphatic carbocycles. The van der Waals surface area contributed by atoms with Crippen molar-refractivity contribution in [3.63, 3.8) is 0 Å². The highest BCUT2D eigenvalue weighted by molar-refractivity contribution is 5.84. The molecule has 0 unspecified atom stereocenters. The summed E-state index contributed by atoms with van der Waals surface area (Å²) in [6, 6.07) is 18.9. The molecule has 0 spiro atoms. The Labute approximate surface area is 141 Å². The van der Waals surface area contributed by atoms with Crippen molar-refractivity contribution in [3.05, 3.63) is 78.8 Å². The smallest absolute Gasteiger partial charge is 0.0945 e. The highest BCUT2D eigenvalue weighted by Crippen LogP contribution is 2.24. The Morgan fingerprint density at radius 1 is 0.958 bits per heavy atom. The zero-order valence-corrected chi connectivity index (χ0v) is 13.7. The van der Waals surface area contributed by atoms with Crippen LogP contribution in [0.15, 0.2) is 73.2 Å². The standard InChI is InChI=1S/C21H19N3/c1-2-5-17-10-12-22-15-20(17)21-11-13-24(23-21)19-9-8-16-6-3-4-7-18(16)14-19/h3-4,6-15H,2,5H2,1H3. The third-order valence-corrected chi connectivity index (χ3v) is 4.29. The first-order chi connectivity index (χ1) is 11.8. The van der Waals surface area contributed by atoms with Gasteiger partial charge in [-0.15, -0.1) is 0 Å². The molecule has 2 aromatic heterocycles. The van der Waals surface area contributed by atoms with Crippen molar-refractivity contribution < 1.29 is 0 Å². The van der Waals surface area contributed by atoms with E-state index < -0.39 is 0 Å². The minimum Gasteiger partial charge on any atom is -0.264 e. The summed E-state index contributed by atoms with van der Waals surface area (Å²) in [5, 5.41) is 7.24. The molecule has 0 radical (unpaired) electrons. The van der Waals surface area contributed by atoms with Crippen LogP contribution in [0.25, 0.3) is 27.7 Å². The van der Waals surface area contributed by atoms with Gasteiger partial charge in [-0.25, -0.2) is 4.68 Å². The molecule has 0 amide bonds. The number of benzene rings is 2. The number of aromatic nitrogens is 3. The van der Waals surface area contributed by atoms with E-state index in [4.69, 9.17) is 5.10 Å². The average molecular weight is 313 g/mol. The lowest BCUT2D eigenvalue weighted by Crippen LogP contribution is -1.96. The number of hydrogen-bond donors (Lipinski definition) is 0. The Kier molecular flexibility index (Phi) is 3.83. The summed E-state index contributed by atoms with van der Waals surface area (Å²) in [5.41, 5.74) is 4.47. The van der Waals surface area contributed by atoms with E-state index in [2.05, 4.69) is 66.5 Å². The molecule has 118 valence electrons. The Morgan fingerprint density at radius 3 is 2.71 bits per heavy atom. The second kappa shape index (κ2) is 6.28. The van der Waals surface area contributed by atoms with Crippen LogP contribution in [-0.4, -0.2) is 14.8 Å². The predicted molar refractivity (Wildman–Crippen MR) is 98.3 cm³/mol. The summed E-state index contributed by atoms with van der Waals surface area (Å²) in [6.45, 7) is 2.19. The molecule has 4 aromatic rings. The monoisotopic (exact) mass is 313 g/mol. The van der Waals surface area contributed by atoms with Gasteiger partial charge < -0.3 is 0 Å². The van der Waals surface area contributed by atoms with Crippen LogP contribution in [-0.2, 0) is 6.42 Å². The van der Waals surface area contributed by atoms with Crippen molar-refractivity contribution >= 4 is 10.8 Å². The molecule has 0 atom stereocenters. The van der Waals surface area contributed by atoms with Gasteiger partial charge in [-0.1, -0.05) is 43.7 Å². The van der Waals surface area contributed by atoms with Crippen molar-refractivity contribution in [2.24, 2.45) is 0 Å². The molecular formula is C21H19N3. The zero-order valence-electron chi connectivity index (χ0n) is 13.7. The van der Waals surface area contributed by atoms with Gasteiger partial charge in [0.15, 0.2) is 0 Å². The molecule has 4 rings (SSSR count). The predicted octanol–water partition coefficient (Wildman–Crippen LogP) is 5.04. The first-order valence-corrected chi connectivity index (χ1v) is 8.33. The second-order valence-corrected chi connectivity index (χ2v) is 5.96. The van der Waals surface area contributed by atoms with Crippen LogP contribution in [0, 0.1) is 0 Å². The molecular weight excluding hydrogens is 294 g/mol. The lowest BCUT2D eigenvalue weighted by atomic mass is 10.0. The van der Waals surface area contributed by atoms with E-state index in [1.807, 2.05) is 23.3 Å². The highest BCUT2D eigenvalue weighted by Gasteiger charge is 2.09. The molecule has 3 heteroatoms. The first kappa shape index (κ1) is 14.6. The van der Waals surface area contributed by atoms with Crippen molar-refractivity contribution in [1.29, 1.82) is 0 Å². The van der Waals surface area contributed by atoms with Crippen LogP contribution in [0.2, 0.25) is 0 Å². The lowest BCUT2D eigenvalue weighted by Gasteiger charge is -2.06. The minimum atomic E-state index is 0.972. The zero-order chi connectivity index (χ0) is 16.4. The SMILES string of the molecule is CCCc1ccncc1-c1ccn(-c2ccc3ccccc3c2)n1. The Balaban J connectivity index is 1.74. The van der Waals surface area contributed by atoms with Crippen molar-refractivity contribution in [2.75, 3.05) is 0 Å². The largest absolute Gasteiger partial charge is 0.264 e. The lowest BCUT2D eigenvalue weighted by molar-refractivity contribution is 0.880. The van der Waals surface area contributed by atoms with E-state index in [1.165, 1.54) is 16.3 Å². The number of fused-ring (bicyclic) bond motifs is 1. The number of hydrogen-bond acceptors (Lipinski definition) is 2. The molecule has 0 saturated heterocycles. The van der Waals surface area contributed by atoms with Gasteiger partial charge in [-0.2, -0.15) is 5.10 Å². The normalized spacial score (nSPS) is 11.0. The van der Waals surface area contributed by atoms with Gasteiger partial charge in [0.25, 0.3) is 0 Å². The topological polar surface area (TPSA) is 30.7 Å². The molecule has 2 heterocycles. The van der Waals surface area contributed by atoms with Gasteiger partial charge in [-0.3, -0.25) is 4.98 Å². The summed E-state index contributed by atoms with van der Waals surface area (Å²) in [6.07, 6.45) is 7.94. The summed E-state index contributed by atoms with van der Waals surface area (Å²) in [4.78, 5) is 4.28. The van der Waals surface area contributed by atoms with Crippen LogP contribution in [0.4, 0.5) is 0 Å². The molecule has 3 nitrogen and oxygen atoms in total. The fourth-order valence-corrected chi connectivity index (χ4v) is 3.07. The summed E-state index contributed by atoms with van der Waals surface area (Å²) in [7, 11) is 0. The van der Waals surface area contributed by atoms with Crippen LogP contribution in [0.3, 0.4) is 0 Å². The molecule has 24 heavy (non-hydrogen) atoms. The number of pyridine rings is 1. The summed E-state index contributed by atoms with van der Waals surface area (Å²) < 4.78 is 1.94. The van der Waals surface area contributed by atoms with Gasteiger partial charge in [0, 0.05) is 24.2 Å². The maximum absolute atomic E-state index is 4.78. The van der Waals surface area contributed by atoms with Crippen LogP contribution in [0.1, 0.15) is 18.9 Å². The van der Waals surface area contributed by atoms with E-state index >= 15 is 0 Å². The van der Waals surface area contributed by atoms with Gasteiger partial charge in [0.1, 0.15) is 0 Å². The molecule has 0 aliphatic heterocycles. The van der Waals surface area contributed by atoms with E-state index in [1.54, 1.807) is 0 Å². The van der Waals surface area contributed by atoms with Crippen molar-refractivity contribution in [2.45, 2.75) is 19.8 Å². The number of nitrogens with zero attached hydrogens (tertiary/aromatic N) is 3. The molecule has 0 aliphatic rings. The average Bonchev–Trinajstić information content (AvgIpc) is 3.12. The quantitative estimate of drug-likeness (QED) is 0.528. The number of aryl methyl sites for hydroxylation is 1. The molecule has 2 aromatic carbocycles. The van der Waals surface area contributed by atoms with E-state index in [0.29, 0.717) is 0 Å². The van der Waals surface area contributed by atoms with Crippen molar-refractivity contribution in [1.82, 2.24) is 14.8 Å². The highest BCUT2D eigenvalue weighted by atomic mass is 15.3. The third-order valence-electron chi connectivity index (χ3n) is 4.29. The van der Waals surface area contributed by atoms with Gasteiger partial charge in [0.2, 0.25) is 0 Å². The summed E-state index contributed by atoms with van der Waals surface area (Å²) >= 11 is 0. The van der Waals surface area contributed by atoms with E-state index in [-0.39, 0.29) is 0 Å². The van der Waals surface area contributed by atoms with Crippen LogP contribution < -0.4 is 0 Å². The number of rotatable bonds is 4. The molecule has 0 bridgehead atoms. The van der Waals surface area contributed by atoms with Crippen LogP contribution in [0.5, 0.6) is 0 Å². The second-order valence-electron chi connectivity index (χ2n) is 5.96. The fourth-order valence-electron chi connectivity index (χ4n) is 3.07. The maximum atomic E-state index is 4.78. The molecule has 0 fully saturated rings. The Bertz CT molecular complexity index is 985. The minimum absolute atomic E-state index is 0.972. The maximum Gasteiger partial charge on any atom is 0.0945 e. The van der Waals surface area contributed by atoms with Gasteiger partial charge in [-0.05, 0) is 47.0 Å². The van der Waals surface area contributed by atoms with Gasteiger partial charge >= 0.3 is 0 Å². The first-order valence-electron chi connectivity index (χ1n) is 8.33.